The molecule has 2 aliphatic heterocycles. The lowest BCUT2D eigenvalue weighted by atomic mass is 9.69. The molecule has 3 aliphatic rings. The fourth-order valence-electron chi connectivity index (χ4n) is 5.24. The molecule has 1 aromatic rings. The van der Waals surface area contributed by atoms with Crippen molar-refractivity contribution < 1.29 is 80.3 Å². The maximum atomic E-state index is 13.9. The van der Waals surface area contributed by atoms with Crippen LogP contribution in [0.25, 0.3) is 6.08 Å². The molecule has 1 aromatic carbocycles. The maximum Gasteiger partial charge on any atom is 0.219 e. The van der Waals surface area contributed by atoms with Crippen LogP contribution >= 0.6 is 0 Å². The molecular formula is C27H32O16. The normalized spacial score (nSPS) is 40.3. The van der Waals surface area contributed by atoms with Gasteiger partial charge in [0, 0.05) is 0 Å². The third kappa shape index (κ3) is 5.47. The fourth-order valence-corrected chi connectivity index (χ4v) is 5.24. The van der Waals surface area contributed by atoms with Gasteiger partial charge in [-0.15, -0.1) is 0 Å². The summed E-state index contributed by atoms with van der Waals surface area (Å²) >= 11 is 0. The minimum atomic E-state index is -3.63. The number of rotatable bonds is 6. The summed E-state index contributed by atoms with van der Waals surface area (Å²) < 4.78 is 10.6. The van der Waals surface area contributed by atoms with Crippen LogP contribution in [0.3, 0.4) is 0 Å². The zero-order valence-electron chi connectivity index (χ0n) is 22.2. The number of phenols is 1. The summed E-state index contributed by atoms with van der Waals surface area (Å²) in [5.74, 6) is -6.12. The SMILES string of the molecule is O=C1C(=C(O)C=Cc2ccc(O)cc2)C(O)=C([C@@H]2O[C@H](CO)[C@@H](O)[C@H](O)[C@H]2O)C(=O)C1(O)[C@@H]1O[C@H](CO)[C@@H](O)[C@H](O)[C@H]1O. The summed E-state index contributed by atoms with van der Waals surface area (Å²) in [6.45, 7) is -1.99. The van der Waals surface area contributed by atoms with Crippen molar-refractivity contribution in [2.24, 2.45) is 0 Å². The summed E-state index contributed by atoms with van der Waals surface area (Å²) in [4.78, 5) is 27.6. The van der Waals surface area contributed by atoms with E-state index < -0.39 is 114 Å². The number of carbonyl (C=O) groups is 2. The Bertz CT molecular complexity index is 1320. The van der Waals surface area contributed by atoms with Gasteiger partial charge in [0.05, 0.1) is 18.8 Å². The second-order valence-electron chi connectivity index (χ2n) is 10.4. The average molecular weight is 613 g/mol. The van der Waals surface area contributed by atoms with E-state index in [1.807, 2.05) is 0 Å². The number of hydrogen-bond acceptors (Lipinski definition) is 16. The van der Waals surface area contributed by atoms with E-state index in [0.29, 0.717) is 5.56 Å². The fraction of sp³-hybridized carbons (Fsp3) is 0.481. The Balaban J connectivity index is 1.92. The molecule has 1 aliphatic carbocycles. The first-order chi connectivity index (χ1) is 20.2. The number of benzene rings is 1. The predicted molar refractivity (Wildman–Crippen MR) is 139 cm³/mol. The lowest BCUT2D eigenvalue weighted by Crippen LogP contribution is -2.72. The van der Waals surface area contributed by atoms with Crippen molar-refractivity contribution in [3.8, 4) is 5.75 Å². The maximum absolute atomic E-state index is 13.9. The topological polar surface area (TPSA) is 295 Å². The highest BCUT2D eigenvalue weighted by Gasteiger charge is 2.65. The summed E-state index contributed by atoms with van der Waals surface area (Å²) in [6.07, 6.45) is -18.7. The molecule has 16 heteroatoms. The highest BCUT2D eigenvalue weighted by atomic mass is 16.6. The van der Waals surface area contributed by atoms with Gasteiger partial charge in [0.2, 0.25) is 17.2 Å². The number of aliphatic hydroxyl groups excluding tert-OH is 10. The zero-order valence-corrected chi connectivity index (χ0v) is 22.2. The third-order valence-electron chi connectivity index (χ3n) is 7.72. The van der Waals surface area contributed by atoms with Crippen LogP contribution in [0, 0.1) is 0 Å². The zero-order chi connectivity index (χ0) is 32.0. The van der Waals surface area contributed by atoms with E-state index in [0.717, 1.165) is 6.08 Å². The molecule has 0 saturated carbocycles. The molecule has 2 fully saturated rings. The number of aliphatic hydroxyl groups is 11. The smallest absolute Gasteiger partial charge is 0.219 e. The van der Waals surface area contributed by atoms with Gasteiger partial charge >= 0.3 is 0 Å². The van der Waals surface area contributed by atoms with Crippen molar-refractivity contribution >= 4 is 17.6 Å². The molecular weight excluding hydrogens is 580 g/mol. The molecule has 4 rings (SSSR count). The van der Waals surface area contributed by atoms with Crippen molar-refractivity contribution in [2.75, 3.05) is 13.2 Å². The first-order valence-electron chi connectivity index (χ1n) is 13.0. The van der Waals surface area contributed by atoms with E-state index in [2.05, 4.69) is 0 Å². The van der Waals surface area contributed by atoms with Crippen molar-refractivity contribution in [2.45, 2.75) is 66.6 Å². The van der Waals surface area contributed by atoms with Crippen LogP contribution in [-0.4, -0.2) is 153 Å². The molecule has 0 aromatic heterocycles. The number of aromatic hydroxyl groups is 1. The second-order valence-corrected chi connectivity index (χ2v) is 10.4. The Morgan fingerprint density at radius 2 is 1.30 bits per heavy atom. The largest absolute Gasteiger partial charge is 0.508 e. The molecule has 0 bridgehead atoms. The van der Waals surface area contributed by atoms with Gasteiger partial charge in [0.1, 0.15) is 83.9 Å². The summed E-state index contributed by atoms with van der Waals surface area (Å²) in [7, 11) is 0. The van der Waals surface area contributed by atoms with Gasteiger partial charge in [-0.05, 0) is 23.8 Å². The Hall–Kier alpha value is -3.26. The van der Waals surface area contributed by atoms with Crippen molar-refractivity contribution in [1.29, 1.82) is 0 Å². The number of Topliss-reactive ketones (excluding diaryl/α,β-unsaturated/α-hetero) is 2. The van der Waals surface area contributed by atoms with Gasteiger partial charge in [-0.1, -0.05) is 18.2 Å². The van der Waals surface area contributed by atoms with E-state index in [1.54, 1.807) is 0 Å². The molecule has 2 heterocycles. The van der Waals surface area contributed by atoms with E-state index in [1.165, 1.54) is 30.3 Å². The lowest BCUT2D eigenvalue weighted by molar-refractivity contribution is -0.261. The van der Waals surface area contributed by atoms with Gasteiger partial charge in [-0.2, -0.15) is 0 Å². The molecule has 12 N–H and O–H groups in total. The first kappa shape index (κ1) is 32.6. The van der Waals surface area contributed by atoms with Crippen LogP contribution < -0.4 is 0 Å². The highest BCUT2D eigenvalue weighted by molar-refractivity contribution is 6.28. The molecule has 2 saturated heterocycles. The van der Waals surface area contributed by atoms with Gasteiger partial charge in [-0.25, -0.2) is 0 Å². The van der Waals surface area contributed by atoms with E-state index in [-0.39, 0.29) is 5.75 Å². The number of ether oxygens (including phenoxy) is 2. The second kappa shape index (κ2) is 12.4. The number of phenolic OH excluding ortho intramolecular Hbond substituents is 1. The molecule has 0 radical (unpaired) electrons. The highest BCUT2D eigenvalue weighted by Crippen LogP contribution is 2.42. The molecule has 0 amide bonds. The molecule has 16 nitrogen and oxygen atoms in total. The molecule has 43 heavy (non-hydrogen) atoms. The van der Waals surface area contributed by atoms with Gasteiger partial charge < -0.3 is 70.8 Å². The summed E-state index contributed by atoms with van der Waals surface area (Å²) in [5, 5.41) is 125. The third-order valence-corrected chi connectivity index (χ3v) is 7.72. The quantitative estimate of drug-likeness (QED) is 0.0820. The molecule has 0 spiro atoms. The number of ketones is 2. The Morgan fingerprint density at radius 1 is 0.767 bits per heavy atom. The molecule has 236 valence electrons. The Kier molecular flexibility index (Phi) is 9.41. The lowest BCUT2D eigenvalue weighted by Gasteiger charge is -2.48. The van der Waals surface area contributed by atoms with Crippen LogP contribution in [0.1, 0.15) is 5.56 Å². The van der Waals surface area contributed by atoms with Crippen LogP contribution in [-0.2, 0) is 19.1 Å². The van der Waals surface area contributed by atoms with Crippen molar-refractivity contribution in [3.05, 3.63) is 58.6 Å². The van der Waals surface area contributed by atoms with Crippen molar-refractivity contribution in [1.82, 2.24) is 0 Å². The minimum Gasteiger partial charge on any atom is -0.508 e. The Labute approximate surface area is 242 Å². The van der Waals surface area contributed by atoms with Crippen LogP contribution in [0.4, 0.5) is 0 Å². The van der Waals surface area contributed by atoms with Gasteiger partial charge in [0.25, 0.3) is 0 Å². The predicted octanol–water partition coefficient (Wildman–Crippen LogP) is -4.40. The molecule has 11 atom stereocenters. The van der Waals surface area contributed by atoms with E-state index in [9.17, 15) is 70.9 Å². The van der Waals surface area contributed by atoms with Crippen LogP contribution in [0.5, 0.6) is 5.75 Å². The monoisotopic (exact) mass is 612 g/mol. The average Bonchev–Trinajstić information content (AvgIpc) is 2.98. The summed E-state index contributed by atoms with van der Waals surface area (Å²) in [6, 6.07) is 5.38. The minimum absolute atomic E-state index is 0.0879. The number of hydrogen-bond donors (Lipinski definition) is 12. The standard InChI is InChI=1S/C27H32O16/c28-7-12-16(32)19(35)21(37)23(42-12)15-18(34)14(11(31)6-3-9-1-4-10(30)5-2-9)24(39)27(41,25(15)40)26-22(38)20(36)17(33)13(8-29)43-26/h1-6,12-13,16-17,19-23,26,28-38,41H,7-8H2/t12-,13-,16-,17-,19+,20+,21-,22-,23+,26-,27?/m1/s1. The van der Waals surface area contributed by atoms with Gasteiger partial charge in [-0.3, -0.25) is 9.59 Å². The van der Waals surface area contributed by atoms with E-state index >= 15 is 0 Å². The van der Waals surface area contributed by atoms with Crippen LogP contribution in [0.15, 0.2) is 53.0 Å². The molecule has 1 unspecified atom stereocenters. The van der Waals surface area contributed by atoms with E-state index in [4.69, 9.17) is 9.47 Å². The van der Waals surface area contributed by atoms with Crippen LogP contribution in [0.2, 0.25) is 0 Å². The summed E-state index contributed by atoms with van der Waals surface area (Å²) in [5.41, 5.74) is -5.62. The van der Waals surface area contributed by atoms with Crippen molar-refractivity contribution in [3.63, 3.8) is 0 Å². The Morgan fingerprint density at radius 3 is 1.86 bits per heavy atom. The number of carbonyl (C=O) groups excluding carboxylic acids is 2. The first-order valence-corrected chi connectivity index (χ1v) is 13.0. The number of allylic oxidation sites excluding steroid dienone is 2. The van der Waals surface area contributed by atoms with Gasteiger partial charge in [0.15, 0.2) is 0 Å².